The van der Waals surface area contributed by atoms with Crippen molar-refractivity contribution in [3.8, 4) is 5.75 Å². The van der Waals surface area contributed by atoms with Gasteiger partial charge in [0.2, 0.25) is 0 Å². The fraction of sp³-hybridized carbons (Fsp3) is 0.231. The maximum atomic E-state index is 5.73. The van der Waals surface area contributed by atoms with Crippen molar-refractivity contribution in [2.45, 2.75) is 13.0 Å². The molecule has 1 heterocycles. The van der Waals surface area contributed by atoms with Gasteiger partial charge in [-0.1, -0.05) is 18.2 Å². The molecule has 2 rings (SSSR count). The topological polar surface area (TPSA) is 35.2 Å². The normalized spacial score (nSPS) is 10.3. The van der Waals surface area contributed by atoms with Crippen molar-refractivity contribution in [3.63, 3.8) is 0 Å². The van der Waals surface area contributed by atoms with E-state index in [1.165, 1.54) is 5.56 Å². The highest BCUT2D eigenvalue weighted by atomic mass is 32.1. The first kappa shape index (κ1) is 11.2. The predicted octanol–water partition coefficient (Wildman–Crippen LogP) is 2.83. The lowest BCUT2D eigenvalue weighted by Gasteiger charge is -2.09. The Morgan fingerprint density at radius 1 is 1.19 bits per heavy atom. The van der Waals surface area contributed by atoms with Gasteiger partial charge in [-0.3, -0.25) is 0 Å². The molecule has 0 radical (unpaired) electrons. The zero-order valence-corrected chi connectivity index (χ0v) is 9.87. The molecular weight excluding hydrogens is 218 g/mol. The molecule has 0 saturated heterocycles. The first-order chi connectivity index (χ1) is 7.90. The molecule has 0 atom stereocenters. The highest BCUT2D eigenvalue weighted by molar-refractivity contribution is 7.07. The van der Waals surface area contributed by atoms with Crippen molar-refractivity contribution in [1.82, 2.24) is 0 Å². The Morgan fingerprint density at radius 2 is 2.06 bits per heavy atom. The summed E-state index contributed by atoms with van der Waals surface area (Å²) in [6.45, 7) is 1.22. The molecule has 0 aliphatic carbocycles. The summed E-state index contributed by atoms with van der Waals surface area (Å²) in [5.41, 5.74) is 8.03. The van der Waals surface area contributed by atoms with Gasteiger partial charge in [0.25, 0.3) is 0 Å². The van der Waals surface area contributed by atoms with E-state index in [1.54, 1.807) is 11.3 Å². The molecule has 0 spiro atoms. The largest absolute Gasteiger partial charge is 0.493 e. The van der Waals surface area contributed by atoms with Gasteiger partial charge < -0.3 is 10.5 Å². The maximum absolute atomic E-state index is 5.73. The van der Waals surface area contributed by atoms with Gasteiger partial charge in [-0.25, -0.2) is 0 Å². The number of nitrogens with two attached hydrogens (primary N) is 1. The standard InChI is InChI=1S/C13H15NOS/c14-9-12-3-1-2-4-13(12)15-7-5-11-6-8-16-10-11/h1-4,6,8,10H,5,7,9,14H2. The zero-order chi connectivity index (χ0) is 11.2. The SMILES string of the molecule is NCc1ccccc1OCCc1ccsc1. The van der Waals surface area contributed by atoms with Crippen LogP contribution in [-0.2, 0) is 13.0 Å². The molecule has 0 saturated carbocycles. The number of hydrogen-bond donors (Lipinski definition) is 1. The minimum absolute atomic E-state index is 0.522. The minimum atomic E-state index is 0.522. The molecule has 16 heavy (non-hydrogen) atoms. The van der Waals surface area contributed by atoms with E-state index in [0.29, 0.717) is 13.2 Å². The lowest BCUT2D eigenvalue weighted by Crippen LogP contribution is -2.05. The van der Waals surface area contributed by atoms with Crippen LogP contribution in [0, 0.1) is 0 Å². The van der Waals surface area contributed by atoms with Crippen LogP contribution in [0.25, 0.3) is 0 Å². The van der Waals surface area contributed by atoms with Crippen molar-refractivity contribution in [1.29, 1.82) is 0 Å². The van der Waals surface area contributed by atoms with Crippen molar-refractivity contribution >= 4 is 11.3 Å². The number of para-hydroxylation sites is 1. The fourth-order valence-corrected chi connectivity index (χ4v) is 2.23. The summed E-state index contributed by atoms with van der Waals surface area (Å²) in [5.74, 6) is 0.903. The van der Waals surface area contributed by atoms with Crippen molar-refractivity contribution in [2.24, 2.45) is 5.73 Å². The summed E-state index contributed by atoms with van der Waals surface area (Å²) in [6, 6.07) is 10.0. The third kappa shape index (κ3) is 2.84. The average molecular weight is 233 g/mol. The Labute approximate surface area is 99.7 Å². The lowest BCUT2D eigenvalue weighted by molar-refractivity contribution is 0.319. The molecule has 0 aliphatic heterocycles. The van der Waals surface area contributed by atoms with E-state index in [4.69, 9.17) is 10.5 Å². The Hall–Kier alpha value is -1.32. The van der Waals surface area contributed by atoms with E-state index in [0.717, 1.165) is 17.7 Å². The molecule has 84 valence electrons. The van der Waals surface area contributed by atoms with Gasteiger partial charge in [0, 0.05) is 18.5 Å². The van der Waals surface area contributed by atoms with Gasteiger partial charge in [0.1, 0.15) is 5.75 Å². The Bertz CT molecular complexity index is 425. The molecule has 1 aromatic carbocycles. The highest BCUT2D eigenvalue weighted by Gasteiger charge is 2.00. The van der Waals surface area contributed by atoms with Crippen molar-refractivity contribution in [2.75, 3.05) is 6.61 Å². The molecular formula is C13H15NOS. The van der Waals surface area contributed by atoms with Gasteiger partial charge in [0.05, 0.1) is 6.61 Å². The second-order valence-electron chi connectivity index (χ2n) is 3.54. The molecule has 0 aliphatic rings. The molecule has 2 nitrogen and oxygen atoms in total. The van der Waals surface area contributed by atoms with Crippen LogP contribution >= 0.6 is 11.3 Å². The molecule has 0 unspecified atom stereocenters. The van der Waals surface area contributed by atoms with Crippen LogP contribution in [-0.4, -0.2) is 6.61 Å². The van der Waals surface area contributed by atoms with Crippen LogP contribution in [0.3, 0.4) is 0 Å². The van der Waals surface area contributed by atoms with Crippen LogP contribution in [0.2, 0.25) is 0 Å². The van der Waals surface area contributed by atoms with Gasteiger partial charge in [0.15, 0.2) is 0 Å². The number of rotatable bonds is 5. The summed E-state index contributed by atoms with van der Waals surface area (Å²) in [6.07, 6.45) is 0.947. The molecule has 0 amide bonds. The first-order valence-electron chi connectivity index (χ1n) is 5.32. The number of benzene rings is 1. The minimum Gasteiger partial charge on any atom is -0.493 e. The number of thiophene rings is 1. The van der Waals surface area contributed by atoms with Crippen molar-refractivity contribution in [3.05, 3.63) is 52.2 Å². The second kappa shape index (κ2) is 5.68. The van der Waals surface area contributed by atoms with Gasteiger partial charge in [-0.2, -0.15) is 11.3 Å². The molecule has 2 N–H and O–H groups in total. The van der Waals surface area contributed by atoms with Crippen molar-refractivity contribution < 1.29 is 4.74 Å². The van der Waals surface area contributed by atoms with Gasteiger partial charge >= 0.3 is 0 Å². The smallest absolute Gasteiger partial charge is 0.123 e. The molecule has 1 aromatic heterocycles. The summed E-state index contributed by atoms with van der Waals surface area (Å²) >= 11 is 1.72. The highest BCUT2D eigenvalue weighted by Crippen LogP contribution is 2.17. The van der Waals surface area contributed by atoms with Gasteiger partial charge in [-0.15, -0.1) is 0 Å². The van der Waals surface area contributed by atoms with Crippen LogP contribution < -0.4 is 10.5 Å². The average Bonchev–Trinajstić information content (AvgIpc) is 2.83. The quantitative estimate of drug-likeness (QED) is 0.862. The Kier molecular flexibility index (Phi) is 3.97. The summed E-state index contributed by atoms with van der Waals surface area (Å²) in [7, 11) is 0. The molecule has 2 aromatic rings. The van der Waals surface area contributed by atoms with E-state index in [9.17, 15) is 0 Å². The van der Waals surface area contributed by atoms with Gasteiger partial charge in [-0.05, 0) is 28.5 Å². The number of ether oxygens (including phenoxy) is 1. The first-order valence-corrected chi connectivity index (χ1v) is 6.26. The number of hydrogen-bond acceptors (Lipinski definition) is 3. The predicted molar refractivity (Wildman–Crippen MR) is 67.9 cm³/mol. The Balaban J connectivity index is 1.89. The fourth-order valence-electron chi connectivity index (χ4n) is 1.53. The second-order valence-corrected chi connectivity index (χ2v) is 4.32. The van der Waals surface area contributed by atoms with Crippen LogP contribution in [0.15, 0.2) is 41.1 Å². The van der Waals surface area contributed by atoms with Crippen LogP contribution in [0.5, 0.6) is 5.75 Å². The maximum Gasteiger partial charge on any atom is 0.123 e. The zero-order valence-electron chi connectivity index (χ0n) is 9.06. The third-order valence-corrected chi connectivity index (χ3v) is 3.15. The lowest BCUT2D eigenvalue weighted by atomic mass is 10.2. The molecule has 3 heteroatoms. The third-order valence-electron chi connectivity index (χ3n) is 2.42. The van der Waals surface area contributed by atoms with Crippen LogP contribution in [0.1, 0.15) is 11.1 Å². The van der Waals surface area contributed by atoms with E-state index >= 15 is 0 Å². The summed E-state index contributed by atoms with van der Waals surface area (Å²) in [4.78, 5) is 0. The van der Waals surface area contributed by atoms with E-state index in [-0.39, 0.29) is 0 Å². The van der Waals surface area contributed by atoms with Crippen LogP contribution in [0.4, 0.5) is 0 Å². The molecule has 0 fully saturated rings. The van der Waals surface area contributed by atoms with E-state index < -0.39 is 0 Å². The summed E-state index contributed by atoms with van der Waals surface area (Å²) < 4.78 is 5.73. The Morgan fingerprint density at radius 3 is 2.81 bits per heavy atom. The van der Waals surface area contributed by atoms with E-state index in [2.05, 4.69) is 16.8 Å². The van der Waals surface area contributed by atoms with E-state index in [1.807, 2.05) is 24.3 Å². The summed E-state index contributed by atoms with van der Waals surface area (Å²) in [5, 5.41) is 4.24. The molecule has 0 bridgehead atoms. The monoisotopic (exact) mass is 233 g/mol.